The quantitative estimate of drug-likeness (QED) is 0.327. The van der Waals surface area contributed by atoms with Gasteiger partial charge < -0.3 is 0 Å². The highest BCUT2D eigenvalue weighted by Gasteiger charge is 2.18. The first-order valence-corrected chi connectivity index (χ1v) is 9.19. The highest BCUT2D eigenvalue weighted by Crippen LogP contribution is 2.43. The third-order valence-electron chi connectivity index (χ3n) is 5.29. The summed E-state index contributed by atoms with van der Waals surface area (Å²) in [5.41, 5.74) is 4.49. The van der Waals surface area contributed by atoms with E-state index in [4.69, 9.17) is 0 Å². The van der Waals surface area contributed by atoms with Crippen molar-refractivity contribution in [2.24, 2.45) is 0 Å². The third kappa shape index (κ3) is 2.38. The Bertz CT molecular complexity index is 1270. The van der Waals surface area contributed by atoms with Crippen molar-refractivity contribution in [2.45, 2.75) is 6.92 Å². The number of hydrogen-bond donors (Lipinski definition) is 0. The van der Waals surface area contributed by atoms with Crippen LogP contribution in [0.25, 0.3) is 56.6 Å². The Labute approximate surface area is 160 Å². The molecule has 0 amide bonds. The fraction of sp³-hybridized carbons (Fsp3) is 0.0370. The zero-order valence-corrected chi connectivity index (χ0v) is 15.6. The van der Waals surface area contributed by atoms with Gasteiger partial charge in [-0.1, -0.05) is 98.6 Å². The van der Waals surface area contributed by atoms with E-state index in [0.29, 0.717) is 0 Å². The van der Waals surface area contributed by atoms with E-state index in [9.17, 15) is 0 Å². The van der Waals surface area contributed by atoms with Gasteiger partial charge in [0.15, 0.2) is 0 Å². The maximum atomic E-state index is 4.13. The zero-order valence-electron chi connectivity index (χ0n) is 15.6. The average Bonchev–Trinajstić information content (AvgIpc) is 2.73. The lowest BCUT2D eigenvalue weighted by Gasteiger charge is -2.20. The van der Waals surface area contributed by atoms with Crippen LogP contribution in [0.3, 0.4) is 0 Å². The molecule has 0 aliphatic carbocycles. The summed E-state index contributed by atoms with van der Waals surface area (Å²) >= 11 is 0. The average molecular weight is 346 g/mol. The van der Waals surface area contributed by atoms with Crippen molar-refractivity contribution in [1.82, 2.24) is 0 Å². The molecule has 130 valence electrons. The van der Waals surface area contributed by atoms with Gasteiger partial charge in [-0.15, -0.1) is 0 Å². The van der Waals surface area contributed by atoms with E-state index in [-0.39, 0.29) is 0 Å². The highest BCUT2D eigenvalue weighted by molar-refractivity contribution is 6.29. The Morgan fingerprint density at radius 3 is 1.41 bits per heavy atom. The van der Waals surface area contributed by atoms with Gasteiger partial charge in [0, 0.05) is 0 Å². The molecule has 27 heavy (non-hydrogen) atoms. The normalized spacial score (nSPS) is 11.4. The molecule has 0 nitrogen and oxygen atoms in total. The van der Waals surface area contributed by atoms with Gasteiger partial charge in [0.05, 0.1) is 0 Å². The molecule has 4 aromatic rings. The van der Waals surface area contributed by atoms with Crippen molar-refractivity contribution in [1.29, 1.82) is 0 Å². The third-order valence-corrected chi connectivity index (χ3v) is 5.29. The van der Waals surface area contributed by atoms with E-state index >= 15 is 0 Å². The smallest absolute Gasteiger partial charge is 0.00140 e. The van der Waals surface area contributed by atoms with Gasteiger partial charge in [-0.25, -0.2) is 0 Å². The van der Waals surface area contributed by atoms with E-state index in [1.165, 1.54) is 37.9 Å². The van der Waals surface area contributed by atoms with Crippen LogP contribution in [0, 0.1) is 0 Å². The predicted octanol–water partition coefficient (Wildman–Crippen LogP) is 8.11. The van der Waals surface area contributed by atoms with Crippen LogP contribution in [0.2, 0.25) is 0 Å². The van der Waals surface area contributed by atoms with Crippen LogP contribution in [0.15, 0.2) is 74.3 Å². The Kier molecular flexibility index (Phi) is 4.25. The van der Waals surface area contributed by atoms with Crippen molar-refractivity contribution in [2.75, 3.05) is 0 Å². The molecule has 0 atom stereocenters. The zero-order chi connectivity index (χ0) is 19.0. The number of rotatable bonds is 4. The molecule has 0 spiro atoms. The van der Waals surface area contributed by atoms with Crippen LogP contribution in [-0.4, -0.2) is 0 Å². The van der Waals surface area contributed by atoms with Crippen LogP contribution in [-0.2, 0) is 0 Å². The molecule has 0 saturated heterocycles. The largest absolute Gasteiger partial charge is 0.0984 e. The molecule has 4 rings (SSSR count). The molecule has 0 saturated carbocycles. The number of hydrogen-bond acceptors (Lipinski definition) is 0. The fourth-order valence-electron chi connectivity index (χ4n) is 4.25. The van der Waals surface area contributed by atoms with Gasteiger partial charge in [-0.05, 0) is 61.5 Å². The lowest BCUT2D eigenvalue weighted by molar-refractivity contribution is 1.61. The van der Waals surface area contributed by atoms with Gasteiger partial charge >= 0.3 is 0 Å². The molecule has 4 aromatic carbocycles. The van der Waals surface area contributed by atoms with Crippen LogP contribution >= 0.6 is 0 Å². The van der Waals surface area contributed by atoms with E-state index in [1.54, 1.807) is 0 Å². The molecular formula is C27H22. The second-order valence-corrected chi connectivity index (χ2v) is 6.61. The summed E-state index contributed by atoms with van der Waals surface area (Å²) in [6.45, 7) is 14.4. The second kappa shape index (κ2) is 6.74. The molecule has 0 bridgehead atoms. The summed E-state index contributed by atoms with van der Waals surface area (Å²) in [4.78, 5) is 0. The van der Waals surface area contributed by atoms with Gasteiger partial charge in [0.1, 0.15) is 0 Å². The number of fused-ring (bicyclic) bond motifs is 6. The van der Waals surface area contributed by atoms with Crippen LogP contribution in [0.5, 0.6) is 0 Å². The van der Waals surface area contributed by atoms with E-state index in [0.717, 1.165) is 16.7 Å². The lowest BCUT2D eigenvalue weighted by atomic mass is 9.83. The number of allylic oxidation sites excluding steroid dienone is 1. The van der Waals surface area contributed by atoms with Crippen molar-refractivity contribution < 1.29 is 0 Å². The molecule has 0 N–H and O–H groups in total. The lowest BCUT2D eigenvalue weighted by Crippen LogP contribution is -1.97. The summed E-state index contributed by atoms with van der Waals surface area (Å²) in [5.74, 6) is 0. The minimum atomic E-state index is 1.08. The maximum absolute atomic E-state index is 4.13. The summed E-state index contributed by atoms with van der Waals surface area (Å²) in [6.07, 6.45) is 10.1. The van der Waals surface area contributed by atoms with E-state index in [2.05, 4.69) is 87.3 Å². The van der Waals surface area contributed by atoms with Crippen LogP contribution in [0.1, 0.15) is 29.2 Å². The Hall–Kier alpha value is -3.38. The molecule has 0 fully saturated rings. The van der Waals surface area contributed by atoms with Gasteiger partial charge in [-0.3, -0.25) is 0 Å². The summed E-state index contributed by atoms with van der Waals surface area (Å²) in [6, 6.07) is 17.3. The Morgan fingerprint density at radius 1 is 0.556 bits per heavy atom. The van der Waals surface area contributed by atoms with Crippen molar-refractivity contribution in [3.8, 4) is 0 Å². The molecule has 0 heteroatoms. The first-order valence-electron chi connectivity index (χ1n) is 9.19. The Morgan fingerprint density at radius 2 is 0.963 bits per heavy atom. The number of benzene rings is 4. The van der Waals surface area contributed by atoms with Crippen LogP contribution < -0.4 is 0 Å². The molecule has 0 aliphatic heterocycles. The SMILES string of the molecule is C=Cc1c(C=C)c(/C=C\C)c2c3ccccc3c3ccccc3c2c1C=C. The highest BCUT2D eigenvalue weighted by atomic mass is 14.2. The maximum Gasteiger partial charge on any atom is -0.00140 e. The molecule has 0 radical (unpaired) electrons. The molecular weight excluding hydrogens is 324 g/mol. The van der Waals surface area contributed by atoms with E-state index < -0.39 is 0 Å². The topological polar surface area (TPSA) is 0 Å². The van der Waals surface area contributed by atoms with Crippen molar-refractivity contribution in [3.63, 3.8) is 0 Å². The first-order chi connectivity index (χ1) is 13.3. The minimum absolute atomic E-state index is 1.08. The summed E-state index contributed by atoms with van der Waals surface area (Å²) in [7, 11) is 0. The standard InChI is InChI=1S/C27H22/c1-5-13-23-19(7-3)18(6-2)20(8-4)26-24-16-11-9-14-21(24)22-15-10-12-17-25(22)27(23)26/h5-17H,2-4H2,1H3/b13-5-. The van der Waals surface area contributed by atoms with Gasteiger partial charge in [-0.2, -0.15) is 0 Å². The van der Waals surface area contributed by atoms with Crippen LogP contribution in [0.4, 0.5) is 0 Å². The molecule has 0 heterocycles. The van der Waals surface area contributed by atoms with Crippen molar-refractivity contribution in [3.05, 3.63) is 96.6 Å². The molecule has 0 aromatic heterocycles. The second-order valence-electron chi connectivity index (χ2n) is 6.61. The van der Waals surface area contributed by atoms with Gasteiger partial charge in [0.25, 0.3) is 0 Å². The summed E-state index contributed by atoms with van der Waals surface area (Å²) < 4.78 is 0. The monoisotopic (exact) mass is 346 g/mol. The van der Waals surface area contributed by atoms with Crippen molar-refractivity contribution >= 4 is 56.6 Å². The summed E-state index contributed by atoms with van der Waals surface area (Å²) in [5, 5.41) is 7.50. The molecule has 0 unspecified atom stereocenters. The minimum Gasteiger partial charge on any atom is -0.0984 e. The van der Waals surface area contributed by atoms with Gasteiger partial charge in [0.2, 0.25) is 0 Å². The molecule has 0 aliphatic rings. The van der Waals surface area contributed by atoms with E-state index in [1.807, 2.05) is 18.2 Å². The Balaban J connectivity index is 2.52. The fourth-order valence-corrected chi connectivity index (χ4v) is 4.25. The predicted molar refractivity (Wildman–Crippen MR) is 124 cm³/mol. The first kappa shape index (κ1) is 17.1.